The standard InChI is InChI=1S/C31H37ClF3N5O5S/c1-5-46(43,44)26-7-6-23(32)13-20(26)16-40-19-36-27-21(12-22(31(33,34)35)14-25(27)28(40)41)15-37-8-10-38(11-9-37)24-17-39(18-24)29(42)45-30(2,3)4/h6-7,12-14,19,24H,5,8-11,15-18H2,1-4H3. The average molecular weight is 684 g/mol. The van der Waals surface area contributed by atoms with E-state index in [1.54, 1.807) is 4.90 Å². The van der Waals surface area contributed by atoms with E-state index in [1.807, 2.05) is 25.7 Å². The zero-order chi connectivity index (χ0) is 33.6. The Hall–Kier alpha value is -3.20. The molecule has 10 nitrogen and oxygen atoms in total. The van der Waals surface area contributed by atoms with Crippen molar-refractivity contribution in [2.75, 3.05) is 45.0 Å². The first-order chi connectivity index (χ1) is 21.4. The molecule has 0 spiro atoms. The number of ether oxygens (including phenoxy) is 1. The van der Waals surface area contributed by atoms with Crippen molar-refractivity contribution in [2.24, 2.45) is 0 Å². The molecular formula is C31H37ClF3N5O5S. The van der Waals surface area contributed by atoms with Crippen molar-refractivity contribution in [3.8, 4) is 0 Å². The third-order valence-electron chi connectivity index (χ3n) is 8.24. The third kappa shape index (κ3) is 7.50. The first kappa shape index (κ1) is 34.1. The normalized spacial score (nSPS) is 17.3. The van der Waals surface area contributed by atoms with Gasteiger partial charge < -0.3 is 9.64 Å². The van der Waals surface area contributed by atoms with Gasteiger partial charge in [-0.3, -0.25) is 19.2 Å². The number of likely N-dealkylation sites (tertiary alicyclic amines) is 1. The highest BCUT2D eigenvalue weighted by Crippen LogP contribution is 2.33. The van der Waals surface area contributed by atoms with Crippen molar-refractivity contribution in [3.63, 3.8) is 0 Å². The first-order valence-corrected chi connectivity index (χ1v) is 17.0. The largest absolute Gasteiger partial charge is 0.444 e. The molecule has 1 amide bonds. The molecular weight excluding hydrogens is 647 g/mol. The molecule has 2 fully saturated rings. The molecule has 1 aromatic heterocycles. The number of piperazine rings is 1. The summed E-state index contributed by atoms with van der Waals surface area (Å²) in [6.45, 7) is 10.5. The summed E-state index contributed by atoms with van der Waals surface area (Å²) >= 11 is 6.12. The van der Waals surface area contributed by atoms with Crippen LogP contribution in [0.2, 0.25) is 5.02 Å². The second-order valence-corrected chi connectivity index (χ2v) is 15.4. The molecule has 0 atom stereocenters. The van der Waals surface area contributed by atoms with Gasteiger partial charge in [-0.05, 0) is 62.2 Å². The minimum atomic E-state index is -4.70. The van der Waals surface area contributed by atoms with E-state index in [2.05, 4.69) is 9.88 Å². The molecule has 46 heavy (non-hydrogen) atoms. The van der Waals surface area contributed by atoms with Crippen LogP contribution in [0.25, 0.3) is 10.9 Å². The topological polar surface area (TPSA) is 105 Å². The van der Waals surface area contributed by atoms with Gasteiger partial charge in [-0.1, -0.05) is 18.5 Å². The monoisotopic (exact) mass is 683 g/mol. The van der Waals surface area contributed by atoms with Crippen LogP contribution in [0.3, 0.4) is 0 Å². The van der Waals surface area contributed by atoms with Gasteiger partial charge >= 0.3 is 12.3 Å². The predicted octanol–water partition coefficient (Wildman–Crippen LogP) is 4.65. The highest BCUT2D eigenvalue weighted by molar-refractivity contribution is 7.91. The fraction of sp³-hybridized carbons (Fsp3) is 0.516. The number of rotatable bonds is 7. The van der Waals surface area contributed by atoms with Crippen molar-refractivity contribution < 1.29 is 31.1 Å². The zero-order valence-electron chi connectivity index (χ0n) is 26.1. The van der Waals surface area contributed by atoms with Crippen LogP contribution < -0.4 is 5.56 Å². The first-order valence-electron chi connectivity index (χ1n) is 15.0. The zero-order valence-corrected chi connectivity index (χ0v) is 27.7. The highest BCUT2D eigenvalue weighted by Gasteiger charge is 2.38. The summed E-state index contributed by atoms with van der Waals surface area (Å²) in [5.41, 5.74) is -1.57. The van der Waals surface area contributed by atoms with E-state index in [1.165, 1.54) is 31.5 Å². The number of sulfone groups is 1. The number of benzene rings is 2. The van der Waals surface area contributed by atoms with Gasteiger partial charge in [0.1, 0.15) is 5.60 Å². The van der Waals surface area contributed by atoms with Crippen LogP contribution in [0, 0.1) is 0 Å². The van der Waals surface area contributed by atoms with Crippen LogP contribution in [-0.2, 0) is 33.8 Å². The van der Waals surface area contributed by atoms with Crippen molar-refractivity contribution in [1.82, 2.24) is 24.3 Å². The number of carbonyl (C=O) groups excluding carboxylic acids is 1. The van der Waals surface area contributed by atoms with Gasteiger partial charge in [0.15, 0.2) is 9.84 Å². The number of aromatic nitrogens is 2. The van der Waals surface area contributed by atoms with Gasteiger partial charge in [-0.2, -0.15) is 13.2 Å². The summed E-state index contributed by atoms with van der Waals surface area (Å²) in [6, 6.07) is 6.25. The number of alkyl halides is 3. The summed E-state index contributed by atoms with van der Waals surface area (Å²) in [4.78, 5) is 36.2. The molecule has 0 bridgehead atoms. The molecule has 15 heteroatoms. The average Bonchev–Trinajstić information content (AvgIpc) is 2.93. The summed E-state index contributed by atoms with van der Waals surface area (Å²) in [5, 5.41) is 0.0517. The maximum absolute atomic E-state index is 14.0. The fourth-order valence-electron chi connectivity index (χ4n) is 5.74. The Morgan fingerprint density at radius 2 is 1.70 bits per heavy atom. The molecule has 0 N–H and O–H groups in total. The molecule has 3 aromatic rings. The molecule has 2 aliphatic heterocycles. The fourth-order valence-corrected chi connectivity index (χ4v) is 7.05. The van der Waals surface area contributed by atoms with Crippen LogP contribution in [0.15, 0.2) is 46.3 Å². The Bertz CT molecular complexity index is 1790. The lowest BCUT2D eigenvalue weighted by atomic mass is 10.0. The Balaban J connectivity index is 1.35. The van der Waals surface area contributed by atoms with Gasteiger partial charge in [0.2, 0.25) is 0 Å². The minimum Gasteiger partial charge on any atom is -0.444 e. The number of hydrogen-bond acceptors (Lipinski definition) is 8. The van der Waals surface area contributed by atoms with Crippen LogP contribution in [0.4, 0.5) is 18.0 Å². The molecule has 2 aliphatic rings. The van der Waals surface area contributed by atoms with Gasteiger partial charge in [0.05, 0.1) is 40.0 Å². The van der Waals surface area contributed by atoms with E-state index >= 15 is 0 Å². The van der Waals surface area contributed by atoms with Crippen LogP contribution >= 0.6 is 11.6 Å². The lowest BCUT2D eigenvalue weighted by Crippen LogP contribution is -2.64. The lowest BCUT2D eigenvalue weighted by Gasteiger charge is -2.48. The Labute approximate surface area is 270 Å². The minimum absolute atomic E-state index is 0.00489. The lowest BCUT2D eigenvalue weighted by molar-refractivity contribution is -0.137. The van der Waals surface area contributed by atoms with E-state index in [9.17, 15) is 31.2 Å². The molecule has 0 aliphatic carbocycles. The van der Waals surface area contributed by atoms with E-state index in [-0.39, 0.29) is 62.9 Å². The van der Waals surface area contributed by atoms with Crippen molar-refractivity contribution >= 4 is 38.4 Å². The molecule has 0 saturated carbocycles. The third-order valence-corrected chi connectivity index (χ3v) is 10.3. The molecule has 3 heterocycles. The van der Waals surface area contributed by atoms with Crippen molar-refractivity contribution in [1.29, 1.82) is 0 Å². The Morgan fingerprint density at radius 1 is 1.02 bits per heavy atom. The summed E-state index contributed by atoms with van der Waals surface area (Å²) in [6.07, 6.45) is -3.81. The van der Waals surface area contributed by atoms with E-state index < -0.39 is 32.7 Å². The maximum Gasteiger partial charge on any atom is 0.416 e. The second-order valence-electron chi connectivity index (χ2n) is 12.7. The number of halogens is 4. The van der Waals surface area contributed by atoms with Gasteiger partial charge in [0, 0.05) is 56.9 Å². The van der Waals surface area contributed by atoms with E-state index in [4.69, 9.17) is 16.3 Å². The molecule has 0 radical (unpaired) electrons. The predicted molar refractivity (Wildman–Crippen MR) is 168 cm³/mol. The number of nitrogens with zero attached hydrogens (tertiary/aromatic N) is 5. The molecule has 0 unspecified atom stereocenters. The van der Waals surface area contributed by atoms with Crippen LogP contribution in [0.5, 0.6) is 0 Å². The number of amides is 1. The molecule has 2 saturated heterocycles. The summed E-state index contributed by atoms with van der Waals surface area (Å²) < 4.78 is 73.9. The Kier molecular flexibility index (Phi) is 9.48. The van der Waals surface area contributed by atoms with E-state index in [0.717, 1.165) is 16.7 Å². The number of carbonyl (C=O) groups is 1. The van der Waals surface area contributed by atoms with Crippen LogP contribution in [0.1, 0.15) is 44.4 Å². The number of fused-ring (bicyclic) bond motifs is 1. The smallest absolute Gasteiger partial charge is 0.416 e. The highest BCUT2D eigenvalue weighted by atomic mass is 35.5. The number of hydrogen-bond donors (Lipinski definition) is 0. The maximum atomic E-state index is 14.0. The Morgan fingerprint density at radius 3 is 2.30 bits per heavy atom. The van der Waals surface area contributed by atoms with Crippen molar-refractivity contribution in [2.45, 2.75) is 63.5 Å². The molecule has 250 valence electrons. The SMILES string of the molecule is CCS(=O)(=O)c1ccc(Cl)cc1Cn1cnc2c(CN3CCN(C4CN(C(=O)OC(C)(C)C)C4)CC3)cc(C(F)(F)F)cc2c1=O. The van der Waals surface area contributed by atoms with Gasteiger partial charge in [-0.25, -0.2) is 18.2 Å². The van der Waals surface area contributed by atoms with E-state index in [0.29, 0.717) is 39.3 Å². The van der Waals surface area contributed by atoms with Crippen molar-refractivity contribution in [3.05, 3.63) is 68.7 Å². The summed E-state index contributed by atoms with van der Waals surface area (Å²) in [5.74, 6) is -0.176. The van der Waals surface area contributed by atoms with Gasteiger partial charge in [0.25, 0.3) is 5.56 Å². The molecule has 2 aromatic carbocycles. The van der Waals surface area contributed by atoms with Gasteiger partial charge in [-0.15, -0.1) is 0 Å². The second kappa shape index (κ2) is 12.8. The summed E-state index contributed by atoms with van der Waals surface area (Å²) in [7, 11) is -3.67. The quantitative estimate of drug-likeness (QED) is 0.355. The molecule has 5 rings (SSSR count). The van der Waals surface area contributed by atoms with Crippen LogP contribution in [-0.4, -0.2) is 95.4 Å².